The molecule has 0 N–H and O–H groups in total. The smallest absolute Gasteiger partial charge is 0.302 e. The fourth-order valence-corrected chi connectivity index (χ4v) is 0.542. The van der Waals surface area contributed by atoms with E-state index < -0.39 is 0 Å². The van der Waals surface area contributed by atoms with Gasteiger partial charge >= 0.3 is 5.97 Å². The lowest BCUT2D eigenvalue weighted by Crippen LogP contribution is -1.98. The topological polar surface area (TPSA) is 43.4 Å². The van der Waals surface area contributed by atoms with Crippen LogP contribution in [-0.4, -0.2) is 18.9 Å². The van der Waals surface area contributed by atoms with Crippen molar-refractivity contribution in [3.05, 3.63) is 11.6 Å². The van der Waals surface area contributed by atoms with Gasteiger partial charge in [0.2, 0.25) is 0 Å². The van der Waals surface area contributed by atoms with Gasteiger partial charge in [-0.15, -0.1) is 0 Å². The number of aldehydes is 1. The van der Waals surface area contributed by atoms with Gasteiger partial charge in [-0.1, -0.05) is 6.92 Å². The minimum atomic E-state index is -0.331. The highest BCUT2D eigenvalue weighted by atomic mass is 16.5. The molecule has 0 fully saturated rings. The lowest BCUT2D eigenvalue weighted by molar-refractivity contribution is -0.139. The van der Waals surface area contributed by atoms with E-state index in [-0.39, 0.29) is 12.6 Å². The summed E-state index contributed by atoms with van der Waals surface area (Å²) in [4.78, 5) is 20.5. The Morgan fingerprint density at radius 2 is 2.18 bits per heavy atom. The van der Waals surface area contributed by atoms with Gasteiger partial charge in [0.05, 0.1) is 0 Å². The molecule has 0 heterocycles. The molecule has 0 aliphatic carbocycles. The number of allylic oxidation sites excluding steroid dienone is 1. The van der Waals surface area contributed by atoms with Gasteiger partial charge in [0, 0.05) is 6.92 Å². The fourth-order valence-electron chi connectivity index (χ4n) is 0.542. The number of carbonyl (C=O) groups excluding carboxylic acids is 2. The van der Waals surface area contributed by atoms with Crippen molar-refractivity contribution in [1.29, 1.82) is 0 Å². The summed E-state index contributed by atoms with van der Waals surface area (Å²) in [5.41, 5.74) is 0.659. The summed E-state index contributed by atoms with van der Waals surface area (Å²) in [6, 6.07) is 0. The second-order valence-corrected chi connectivity index (χ2v) is 2.05. The molecule has 0 aromatic heterocycles. The van der Waals surface area contributed by atoms with Gasteiger partial charge in [-0.3, -0.25) is 9.59 Å². The Bertz CT molecular complexity index is 170. The minimum Gasteiger partial charge on any atom is -0.462 e. The van der Waals surface area contributed by atoms with Crippen molar-refractivity contribution in [2.24, 2.45) is 0 Å². The maximum Gasteiger partial charge on any atom is 0.302 e. The molecular formula is C8H12O3. The highest BCUT2D eigenvalue weighted by Gasteiger charge is 1.91. The van der Waals surface area contributed by atoms with E-state index in [2.05, 4.69) is 4.74 Å². The normalized spacial score (nSPS) is 10.9. The first kappa shape index (κ1) is 9.88. The summed E-state index contributed by atoms with van der Waals surface area (Å²) in [5, 5.41) is 0. The third-order valence-electron chi connectivity index (χ3n) is 1.19. The highest BCUT2D eigenvalue weighted by molar-refractivity contribution is 5.73. The first-order valence-corrected chi connectivity index (χ1v) is 3.48. The zero-order valence-electron chi connectivity index (χ0n) is 6.79. The van der Waals surface area contributed by atoms with Crippen molar-refractivity contribution in [2.75, 3.05) is 6.61 Å². The number of carbonyl (C=O) groups is 2. The van der Waals surface area contributed by atoms with Gasteiger partial charge in [0.25, 0.3) is 0 Å². The number of esters is 1. The molecule has 0 unspecified atom stereocenters. The Labute approximate surface area is 66.0 Å². The lowest BCUT2D eigenvalue weighted by atomic mass is 10.2. The molecule has 0 rings (SSSR count). The predicted molar refractivity (Wildman–Crippen MR) is 41.1 cm³/mol. The van der Waals surface area contributed by atoms with Crippen LogP contribution in [-0.2, 0) is 14.3 Å². The van der Waals surface area contributed by atoms with Gasteiger partial charge in [-0.2, -0.15) is 0 Å². The average Bonchev–Trinajstić information content (AvgIpc) is 1.98. The third kappa shape index (κ3) is 5.33. The maximum atomic E-state index is 10.3. The van der Waals surface area contributed by atoms with E-state index in [4.69, 9.17) is 0 Å². The second kappa shape index (κ2) is 5.65. The van der Waals surface area contributed by atoms with E-state index in [1.54, 1.807) is 6.08 Å². The molecule has 0 saturated heterocycles. The highest BCUT2D eigenvalue weighted by Crippen LogP contribution is 1.94. The van der Waals surface area contributed by atoms with Crippen LogP contribution in [0.2, 0.25) is 0 Å². The summed E-state index contributed by atoms with van der Waals surface area (Å²) >= 11 is 0. The molecule has 0 spiro atoms. The van der Waals surface area contributed by atoms with Gasteiger partial charge in [-0.25, -0.2) is 0 Å². The molecule has 3 nitrogen and oxygen atoms in total. The Hall–Kier alpha value is -1.12. The molecule has 0 atom stereocenters. The van der Waals surface area contributed by atoms with E-state index in [1.807, 2.05) is 6.92 Å². The van der Waals surface area contributed by atoms with Crippen molar-refractivity contribution in [3.8, 4) is 0 Å². The Balaban J connectivity index is 3.70. The quantitative estimate of drug-likeness (QED) is 0.347. The first-order valence-electron chi connectivity index (χ1n) is 3.48. The van der Waals surface area contributed by atoms with Gasteiger partial charge in [-0.05, 0) is 18.1 Å². The van der Waals surface area contributed by atoms with E-state index in [0.29, 0.717) is 12.0 Å². The molecule has 0 bridgehead atoms. The number of hydrogen-bond donors (Lipinski definition) is 0. The van der Waals surface area contributed by atoms with E-state index in [1.165, 1.54) is 6.92 Å². The van der Waals surface area contributed by atoms with Crippen LogP contribution < -0.4 is 0 Å². The van der Waals surface area contributed by atoms with Crippen molar-refractivity contribution in [2.45, 2.75) is 20.3 Å². The minimum absolute atomic E-state index is 0.192. The summed E-state index contributed by atoms with van der Waals surface area (Å²) < 4.78 is 4.60. The predicted octanol–water partition coefficient (Wildman–Crippen LogP) is 1.08. The SMILES string of the molecule is CCC(C=O)=CCOC(C)=O. The van der Waals surface area contributed by atoms with Crippen LogP contribution in [0.4, 0.5) is 0 Å². The summed E-state index contributed by atoms with van der Waals surface area (Å²) in [5.74, 6) is -0.331. The van der Waals surface area contributed by atoms with E-state index >= 15 is 0 Å². The zero-order chi connectivity index (χ0) is 8.69. The molecule has 11 heavy (non-hydrogen) atoms. The van der Waals surface area contributed by atoms with Crippen LogP contribution in [0.25, 0.3) is 0 Å². The summed E-state index contributed by atoms with van der Waals surface area (Å²) in [6.07, 6.45) is 3.04. The van der Waals surface area contributed by atoms with Crippen molar-refractivity contribution < 1.29 is 14.3 Å². The lowest BCUT2D eigenvalue weighted by Gasteiger charge is -1.96. The number of hydrogen-bond acceptors (Lipinski definition) is 3. The monoisotopic (exact) mass is 156 g/mol. The average molecular weight is 156 g/mol. The van der Waals surface area contributed by atoms with E-state index in [0.717, 1.165) is 6.29 Å². The van der Waals surface area contributed by atoms with Gasteiger partial charge < -0.3 is 4.74 Å². The molecule has 0 saturated carbocycles. The summed E-state index contributed by atoms with van der Waals surface area (Å²) in [6.45, 7) is 3.39. The maximum absolute atomic E-state index is 10.3. The van der Waals surface area contributed by atoms with Crippen LogP contribution in [0.5, 0.6) is 0 Å². The molecule has 62 valence electrons. The molecule has 0 aliphatic rings. The van der Waals surface area contributed by atoms with Crippen LogP contribution in [0.3, 0.4) is 0 Å². The molecule has 0 aliphatic heterocycles. The second-order valence-electron chi connectivity index (χ2n) is 2.05. The molecule has 0 amide bonds. The Morgan fingerprint density at radius 3 is 2.55 bits per heavy atom. The van der Waals surface area contributed by atoms with Gasteiger partial charge in [0.15, 0.2) is 0 Å². The van der Waals surface area contributed by atoms with E-state index in [9.17, 15) is 9.59 Å². The van der Waals surface area contributed by atoms with Crippen molar-refractivity contribution in [1.82, 2.24) is 0 Å². The van der Waals surface area contributed by atoms with Gasteiger partial charge in [0.1, 0.15) is 12.9 Å². The van der Waals surface area contributed by atoms with Crippen LogP contribution >= 0.6 is 0 Å². The first-order chi connectivity index (χ1) is 5.20. The zero-order valence-corrected chi connectivity index (χ0v) is 6.79. The molecule has 3 heteroatoms. The van der Waals surface area contributed by atoms with Crippen LogP contribution in [0.15, 0.2) is 11.6 Å². The van der Waals surface area contributed by atoms with Crippen LogP contribution in [0.1, 0.15) is 20.3 Å². The molecular weight excluding hydrogens is 144 g/mol. The fraction of sp³-hybridized carbons (Fsp3) is 0.500. The number of rotatable bonds is 4. The Kier molecular flexibility index (Phi) is 5.07. The molecule has 0 radical (unpaired) electrons. The number of ether oxygens (including phenoxy) is 1. The molecule has 0 aromatic rings. The summed E-state index contributed by atoms with van der Waals surface area (Å²) in [7, 11) is 0. The standard InChI is InChI=1S/C8H12O3/c1-3-8(6-9)4-5-11-7(2)10/h4,6H,3,5H2,1-2H3. The van der Waals surface area contributed by atoms with Crippen molar-refractivity contribution in [3.63, 3.8) is 0 Å². The Morgan fingerprint density at radius 1 is 1.55 bits per heavy atom. The van der Waals surface area contributed by atoms with Crippen molar-refractivity contribution >= 4 is 12.3 Å². The van der Waals surface area contributed by atoms with Crippen LogP contribution in [0, 0.1) is 0 Å². The third-order valence-corrected chi connectivity index (χ3v) is 1.19. The largest absolute Gasteiger partial charge is 0.462 e. The molecule has 0 aromatic carbocycles.